The molecule has 0 aliphatic carbocycles. The van der Waals surface area contributed by atoms with Crippen LogP contribution in [-0.2, 0) is 33.0 Å². The van der Waals surface area contributed by atoms with E-state index in [0.717, 1.165) is 5.56 Å². The highest BCUT2D eigenvalue weighted by molar-refractivity contribution is 7.89. The molecule has 1 aliphatic rings. The summed E-state index contributed by atoms with van der Waals surface area (Å²) in [4.78, 5) is 12.1. The van der Waals surface area contributed by atoms with Crippen LogP contribution in [0.5, 0.6) is 11.5 Å². The highest BCUT2D eigenvalue weighted by atomic mass is 32.2. The molecule has 1 aromatic heterocycles. The maximum absolute atomic E-state index is 13.2. The first-order chi connectivity index (χ1) is 13.3. The molecule has 28 heavy (non-hydrogen) atoms. The number of carbonyl (C=O) groups excluding carboxylic acids is 1. The summed E-state index contributed by atoms with van der Waals surface area (Å²) >= 11 is 0. The molecule has 0 saturated carbocycles. The van der Waals surface area contributed by atoms with E-state index in [-0.39, 0.29) is 17.9 Å². The smallest absolute Gasteiger partial charge is 0.307 e. The van der Waals surface area contributed by atoms with Gasteiger partial charge in [0, 0.05) is 19.8 Å². The van der Waals surface area contributed by atoms with E-state index in [2.05, 4.69) is 5.10 Å². The fraction of sp³-hybridized carbons (Fsp3) is 0.444. The van der Waals surface area contributed by atoms with Crippen LogP contribution in [0.4, 0.5) is 0 Å². The zero-order valence-electron chi connectivity index (χ0n) is 16.2. The number of aromatic nitrogens is 2. The maximum Gasteiger partial charge on any atom is 0.307 e. The van der Waals surface area contributed by atoms with Crippen molar-refractivity contribution in [3.63, 3.8) is 0 Å². The van der Waals surface area contributed by atoms with E-state index in [4.69, 9.17) is 14.2 Å². The summed E-state index contributed by atoms with van der Waals surface area (Å²) in [5.41, 5.74) is 1.60. The predicted octanol–water partition coefficient (Wildman–Crippen LogP) is 1.29. The van der Waals surface area contributed by atoms with Crippen molar-refractivity contribution in [1.29, 1.82) is 0 Å². The molecule has 0 saturated heterocycles. The molecule has 3 rings (SSSR count). The quantitative estimate of drug-likeness (QED) is 0.663. The molecular weight excluding hydrogens is 386 g/mol. The van der Waals surface area contributed by atoms with Crippen molar-refractivity contribution >= 4 is 16.0 Å². The largest absolute Gasteiger partial charge is 0.493 e. The molecule has 0 N–H and O–H groups in total. The van der Waals surface area contributed by atoms with E-state index in [9.17, 15) is 13.2 Å². The van der Waals surface area contributed by atoms with Gasteiger partial charge in [0.15, 0.2) is 11.5 Å². The van der Waals surface area contributed by atoms with Crippen molar-refractivity contribution in [3.05, 3.63) is 35.7 Å². The van der Waals surface area contributed by atoms with Gasteiger partial charge in [-0.1, -0.05) is 0 Å². The summed E-state index contributed by atoms with van der Waals surface area (Å²) in [6.07, 6.45) is 3.11. The monoisotopic (exact) mass is 409 g/mol. The number of methoxy groups -OCH3 is 3. The number of hydrogen-bond donors (Lipinski definition) is 0. The number of ether oxygens (including phenoxy) is 3. The van der Waals surface area contributed by atoms with E-state index in [1.807, 2.05) is 6.07 Å². The summed E-state index contributed by atoms with van der Waals surface area (Å²) in [5, 5.41) is 3.96. The van der Waals surface area contributed by atoms with Gasteiger partial charge in [0.25, 0.3) is 0 Å². The van der Waals surface area contributed by atoms with E-state index < -0.39 is 22.0 Å². The second-order valence-electron chi connectivity index (χ2n) is 6.42. The Kier molecular flexibility index (Phi) is 5.61. The van der Waals surface area contributed by atoms with Gasteiger partial charge in [-0.15, -0.1) is 0 Å². The Morgan fingerprint density at radius 3 is 2.46 bits per heavy atom. The number of fused-ring (bicyclic) bond motifs is 1. The molecule has 152 valence electrons. The predicted molar refractivity (Wildman–Crippen MR) is 99.7 cm³/mol. The van der Waals surface area contributed by atoms with Gasteiger partial charge in [-0.25, -0.2) is 8.42 Å². The summed E-state index contributed by atoms with van der Waals surface area (Å²) in [6.45, 7) is 0.224. The Morgan fingerprint density at radius 2 is 1.89 bits per heavy atom. The third-order valence-electron chi connectivity index (χ3n) is 4.83. The molecule has 0 fully saturated rings. The molecule has 0 amide bonds. The number of carbonyl (C=O) groups is 1. The summed E-state index contributed by atoms with van der Waals surface area (Å²) in [5.74, 6) is 0.525. The minimum atomic E-state index is -3.85. The van der Waals surface area contributed by atoms with Crippen LogP contribution in [-0.4, -0.2) is 56.3 Å². The van der Waals surface area contributed by atoms with E-state index >= 15 is 0 Å². The van der Waals surface area contributed by atoms with Gasteiger partial charge in [0.2, 0.25) is 10.0 Å². The summed E-state index contributed by atoms with van der Waals surface area (Å²) < 4.78 is 44.7. The third-order valence-corrected chi connectivity index (χ3v) is 6.69. The number of esters is 1. The topological polar surface area (TPSA) is 100.0 Å². The van der Waals surface area contributed by atoms with Crippen molar-refractivity contribution in [2.75, 3.05) is 27.9 Å². The van der Waals surface area contributed by atoms with E-state index in [1.54, 1.807) is 13.1 Å². The van der Waals surface area contributed by atoms with Crippen LogP contribution in [0, 0.1) is 0 Å². The van der Waals surface area contributed by atoms with Crippen molar-refractivity contribution in [1.82, 2.24) is 14.1 Å². The van der Waals surface area contributed by atoms with Gasteiger partial charge >= 0.3 is 5.97 Å². The fourth-order valence-corrected chi connectivity index (χ4v) is 5.00. The van der Waals surface area contributed by atoms with E-state index in [1.165, 1.54) is 42.7 Å². The number of aryl methyl sites for hydroxylation is 1. The molecule has 1 unspecified atom stereocenters. The molecule has 2 heterocycles. The van der Waals surface area contributed by atoms with E-state index in [0.29, 0.717) is 23.5 Å². The van der Waals surface area contributed by atoms with Crippen LogP contribution in [0.15, 0.2) is 29.4 Å². The molecule has 2 aromatic rings. The second kappa shape index (κ2) is 7.80. The van der Waals surface area contributed by atoms with Gasteiger partial charge in [-0.3, -0.25) is 9.48 Å². The maximum atomic E-state index is 13.2. The second-order valence-corrected chi connectivity index (χ2v) is 8.31. The molecular formula is C18H23N3O6S. The number of benzene rings is 1. The molecule has 0 spiro atoms. The van der Waals surface area contributed by atoms with Crippen LogP contribution < -0.4 is 9.47 Å². The van der Waals surface area contributed by atoms with Crippen LogP contribution in [0.3, 0.4) is 0 Å². The summed E-state index contributed by atoms with van der Waals surface area (Å²) in [6, 6.07) is 2.83. The Labute approximate surface area is 163 Å². The van der Waals surface area contributed by atoms with Gasteiger partial charge < -0.3 is 14.2 Å². The summed E-state index contributed by atoms with van der Waals surface area (Å²) in [7, 11) is 2.12. The number of rotatable bonds is 6. The van der Waals surface area contributed by atoms with Gasteiger partial charge in [-0.05, 0) is 29.7 Å². The third kappa shape index (κ3) is 3.57. The minimum absolute atomic E-state index is 0.0776. The lowest BCUT2D eigenvalue weighted by atomic mass is 9.91. The van der Waals surface area contributed by atoms with Crippen LogP contribution in [0.25, 0.3) is 0 Å². The number of nitrogens with zero attached hydrogens (tertiary/aromatic N) is 3. The van der Waals surface area contributed by atoms with Crippen LogP contribution in [0.2, 0.25) is 0 Å². The molecule has 1 aliphatic heterocycles. The first kappa shape index (κ1) is 20.2. The van der Waals surface area contributed by atoms with Crippen molar-refractivity contribution in [3.8, 4) is 11.5 Å². The first-order valence-corrected chi connectivity index (χ1v) is 10.1. The fourth-order valence-electron chi connectivity index (χ4n) is 3.41. The first-order valence-electron chi connectivity index (χ1n) is 8.64. The van der Waals surface area contributed by atoms with Crippen molar-refractivity contribution in [2.45, 2.75) is 23.8 Å². The molecule has 1 atom stereocenters. The molecule has 10 heteroatoms. The minimum Gasteiger partial charge on any atom is -0.493 e. The van der Waals surface area contributed by atoms with Gasteiger partial charge in [0.1, 0.15) is 4.90 Å². The number of hydrogen-bond acceptors (Lipinski definition) is 7. The Balaban J connectivity index is 2.11. The Bertz CT molecular complexity index is 985. The van der Waals surface area contributed by atoms with Gasteiger partial charge in [0.05, 0.1) is 40.0 Å². The zero-order valence-corrected chi connectivity index (χ0v) is 17.0. The lowest BCUT2D eigenvalue weighted by molar-refractivity contribution is -0.141. The average Bonchev–Trinajstić information content (AvgIpc) is 3.13. The highest BCUT2D eigenvalue weighted by Crippen LogP contribution is 2.41. The lowest BCUT2D eigenvalue weighted by Gasteiger charge is -2.36. The number of sulfonamides is 1. The lowest BCUT2D eigenvalue weighted by Crippen LogP contribution is -2.41. The highest BCUT2D eigenvalue weighted by Gasteiger charge is 2.39. The zero-order chi connectivity index (χ0) is 20.5. The van der Waals surface area contributed by atoms with Crippen molar-refractivity contribution in [2.24, 2.45) is 7.05 Å². The average molecular weight is 409 g/mol. The molecule has 0 radical (unpaired) electrons. The van der Waals surface area contributed by atoms with Gasteiger partial charge in [-0.2, -0.15) is 9.40 Å². The Morgan fingerprint density at radius 1 is 1.21 bits per heavy atom. The molecule has 1 aromatic carbocycles. The molecule has 0 bridgehead atoms. The Hall–Kier alpha value is -2.59. The standard InChI is InChI=1S/C18H23N3O6S/c1-20-11-13(10-19-20)28(23,24)21-6-5-12-7-16(25-2)17(26-3)8-14(12)15(21)9-18(22)27-4/h7-8,10-11,15H,5-6,9H2,1-4H3. The molecule has 9 nitrogen and oxygen atoms in total. The SMILES string of the molecule is COC(=O)CC1c2cc(OC)c(OC)cc2CCN1S(=O)(=O)c1cnn(C)c1. The van der Waals surface area contributed by atoms with Crippen LogP contribution >= 0.6 is 0 Å². The normalized spacial score (nSPS) is 17.1. The van der Waals surface area contributed by atoms with Crippen molar-refractivity contribution < 1.29 is 27.4 Å². The van der Waals surface area contributed by atoms with Crippen LogP contribution in [0.1, 0.15) is 23.6 Å².